The third kappa shape index (κ3) is 4.63. The zero-order chi connectivity index (χ0) is 13.9. The second-order valence-corrected chi connectivity index (χ2v) is 6.14. The molecule has 0 spiro atoms. The Hall–Kier alpha value is -0.290. The summed E-state index contributed by atoms with van der Waals surface area (Å²) < 4.78 is 37.2. The molecule has 19 heavy (non-hydrogen) atoms. The highest BCUT2D eigenvalue weighted by atomic mass is 19.4. The Morgan fingerprint density at radius 2 is 1.89 bits per heavy atom. The summed E-state index contributed by atoms with van der Waals surface area (Å²) >= 11 is 0. The van der Waals surface area contributed by atoms with Crippen molar-refractivity contribution >= 4 is 0 Å². The average molecular weight is 278 g/mol. The van der Waals surface area contributed by atoms with E-state index < -0.39 is 18.6 Å². The Labute approximate surface area is 113 Å². The van der Waals surface area contributed by atoms with Crippen molar-refractivity contribution in [1.82, 2.24) is 10.6 Å². The highest BCUT2D eigenvalue weighted by molar-refractivity contribution is 4.92. The lowest BCUT2D eigenvalue weighted by Gasteiger charge is -2.38. The lowest BCUT2D eigenvalue weighted by molar-refractivity contribution is -0.139. The summed E-state index contributed by atoms with van der Waals surface area (Å²) in [5.41, 5.74) is 0. The highest BCUT2D eigenvalue weighted by Gasteiger charge is 2.36. The topological polar surface area (TPSA) is 24.1 Å². The van der Waals surface area contributed by atoms with Crippen molar-refractivity contribution in [3.8, 4) is 0 Å². The first-order valence-electron chi connectivity index (χ1n) is 7.52. The van der Waals surface area contributed by atoms with Gasteiger partial charge in [-0.15, -0.1) is 0 Å². The molecule has 112 valence electrons. The van der Waals surface area contributed by atoms with Crippen LogP contribution in [0, 0.1) is 5.92 Å². The van der Waals surface area contributed by atoms with Crippen molar-refractivity contribution in [1.29, 1.82) is 0 Å². The van der Waals surface area contributed by atoms with Crippen molar-refractivity contribution in [3.05, 3.63) is 0 Å². The molecule has 0 aromatic rings. The summed E-state index contributed by atoms with van der Waals surface area (Å²) in [6, 6.07) is 0.282. The molecule has 2 nitrogen and oxygen atoms in total. The van der Waals surface area contributed by atoms with Gasteiger partial charge in [-0.2, -0.15) is 13.2 Å². The molecule has 5 heteroatoms. The molecule has 1 aliphatic carbocycles. The molecule has 1 saturated carbocycles. The van der Waals surface area contributed by atoms with Gasteiger partial charge in [-0.3, -0.25) is 0 Å². The Balaban J connectivity index is 1.88. The van der Waals surface area contributed by atoms with Crippen LogP contribution in [0.25, 0.3) is 0 Å². The van der Waals surface area contributed by atoms with Gasteiger partial charge in [0.05, 0.1) is 6.42 Å². The minimum Gasteiger partial charge on any atom is -0.314 e. The summed E-state index contributed by atoms with van der Waals surface area (Å²) in [5, 5.41) is 6.76. The molecular weight excluding hydrogens is 253 g/mol. The maximum absolute atomic E-state index is 12.4. The van der Waals surface area contributed by atoms with Crippen molar-refractivity contribution < 1.29 is 13.2 Å². The minimum absolute atomic E-state index is 0.252. The van der Waals surface area contributed by atoms with Gasteiger partial charge in [0.25, 0.3) is 0 Å². The van der Waals surface area contributed by atoms with Crippen LogP contribution < -0.4 is 10.6 Å². The molecule has 0 bridgehead atoms. The van der Waals surface area contributed by atoms with Crippen molar-refractivity contribution in [2.75, 3.05) is 6.54 Å². The fourth-order valence-corrected chi connectivity index (χ4v) is 3.70. The molecule has 1 saturated heterocycles. The van der Waals surface area contributed by atoms with Gasteiger partial charge in [-0.25, -0.2) is 0 Å². The predicted octanol–water partition coefficient (Wildman–Crippen LogP) is 3.23. The molecular formula is C14H25F3N2. The Morgan fingerprint density at radius 3 is 2.53 bits per heavy atom. The van der Waals surface area contributed by atoms with E-state index in [0.29, 0.717) is 12.0 Å². The van der Waals surface area contributed by atoms with Crippen LogP contribution >= 0.6 is 0 Å². The molecule has 4 atom stereocenters. The number of hydrogen-bond acceptors (Lipinski definition) is 2. The molecule has 1 heterocycles. The van der Waals surface area contributed by atoms with Gasteiger partial charge in [0.15, 0.2) is 0 Å². The molecule has 0 amide bonds. The Kier molecular flexibility index (Phi) is 5.12. The van der Waals surface area contributed by atoms with Crippen molar-refractivity contribution in [3.63, 3.8) is 0 Å². The van der Waals surface area contributed by atoms with Gasteiger partial charge < -0.3 is 10.6 Å². The van der Waals surface area contributed by atoms with Gasteiger partial charge in [-0.1, -0.05) is 12.8 Å². The van der Waals surface area contributed by atoms with E-state index in [1.165, 1.54) is 19.3 Å². The average Bonchev–Trinajstić information content (AvgIpc) is 2.80. The first-order valence-corrected chi connectivity index (χ1v) is 7.52. The predicted molar refractivity (Wildman–Crippen MR) is 70.0 cm³/mol. The zero-order valence-electron chi connectivity index (χ0n) is 11.6. The quantitative estimate of drug-likeness (QED) is 0.825. The standard InChI is InChI=1S/C14H25F3N2/c1-10(9-14(15,16)17)19-13-6-3-2-5-11(13)12-7-4-8-18-12/h10-13,18-19H,2-9H2,1H3. The van der Waals surface area contributed by atoms with Crippen LogP contribution in [0.1, 0.15) is 51.9 Å². The van der Waals surface area contributed by atoms with Crippen molar-refractivity contribution in [2.24, 2.45) is 5.92 Å². The molecule has 2 rings (SSSR count). The summed E-state index contributed by atoms with van der Waals surface area (Å²) in [6.07, 6.45) is 2.10. The number of alkyl halides is 3. The van der Waals surface area contributed by atoms with E-state index >= 15 is 0 Å². The van der Waals surface area contributed by atoms with E-state index in [1.807, 2.05) is 0 Å². The second kappa shape index (κ2) is 6.44. The largest absolute Gasteiger partial charge is 0.390 e. The van der Waals surface area contributed by atoms with E-state index in [-0.39, 0.29) is 6.04 Å². The molecule has 1 aliphatic heterocycles. The molecule has 0 radical (unpaired) electrons. The number of rotatable bonds is 4. The molecule has 2 fully saturated rings. The van der Waals surface area contributed by atoms with Crippen LogP contribution in [0.15, 0.2) is 0 Å². The molecule has 0 aromatic heterocycles. The Bertz CT molecular complexity index is 274. The zero-order valence-corrected chi connectivity index (χ0v) is 11.6. The van der Waals surface area contributed by atoms with Crippen LogP contribution in [-0.2, 0) is 0 Å². The minimum atomic E-state index is -4.07. The molecule has 4 unspecified atom stereocenters. The SMILES string of the molecule is CC(CC(F)(F)F)NC1CCCCC1C1CCCN1. The summed E-state index contributed by atoms with van der Waals surface area (Å²) in [5.74, 6) is 0.506. The van der Waals surface area contributed by atoms with E-state index in [9.17, 15) is 13.2 Å². The van der Waals surface area contributed by atoms with Gasteiger partial charge >= 0.3 is 6.18 Å². The van der Waals surface area contributed by atoms with E-state index in [4.69, 9.17) is 0 Å². The van der Waals surface area contributed by atoms with Gasteiger partial charge in [0.1, 0.15) is 0 Å². The normalized spacial score (nSPS) is 34.4. The molecule has 2 N–H and O–H groups in total. The lowest BCUT2D eigenvalue weighted by Crippen LogP contribution is -2.50. The van der Waals surface area contributed by atoms with Crippen LogP contribution in [0.2, 0.25) is 0 Å². The van der Waals surface area contributed by atoms with E-state index in [0.717, 1.165) is 25.8 Å². The van der Waals surface area contributed by atoms with E-state index in [2.05, 4.69) is 10.6 Å². The van der Waals surface area contributed by atoms with Crippen LogP contribution in [0.3, 0.4) is 0 Å². The third-order valence-electron chi connectivity index (χ3n) is 4.47. The summed E-state index contributed by atoms with van der Waals surface area (Å²) in [7, 11) is 0. The van der Waals surface area contributed by atoms with Crippen LogP contribution in [0.4, 0.5) is 13.2 Å². The van der Waals surface area contributed by atoms with Gasteiger partial charge in [-0.05, 0) is 45.1 Å². The fraction of sp³-hybridized carbons (Fsp3) is 1.00. The second-order valence-electron chi connectivity index (χ2n) is 6.14. The first kappa shape index (κ1) is 15.1. The lowest BCUT2D eigenvalue weighted by atomic mass is 9.79. The third-order valence-corrected chi connectivity index (χ3v) is 4.47. The maximum Gasteiger partial charge on any atom is 0.390 e. The number of nitrogens with one attached hydrogen (secondary N) is 2. The number of halogens is 3. The summed E-state index contributed by atoms with van der Waals surface area (Å²) in [6.45, 7) is 2.72. The van der Waals surface area contributed by atoms with Crippen LogP contribution in [0.5, 0.6) is 0 Å². The van der Waals surface area contributed by atoms with E-state index in [1.54, 1.807) is 6.92 Å². The maximum atomic E-state index is 12.4. The first-order chi connectivity index (χ1) is 8.96. The van der Waals surface area contributed by atoms with Crippen LogP contribution in [-0.4, -0.2) is 30.8 Å². The molecule has 2 aliphatic rings. The van der Waals surface area contributed by atoms with Gasteiger partial charge in [0.2, 0.25) is 0 Å². The monoisotopic (exact) mass is 278 g/mol. The fourth-order valence-electron chi connectivity index (χ4n) is 3.70. The van der Waals surface area contributed by atoms with Gasteiger partial charge in [0, 0.05) is 18.1 Å². The smallest absolute Gasteiger partial charge is 0.314 e. The highest BCUT2D eigenvalue weighted by Crippen LogP contribution is 2.31. The number of hydrogen-bond donors (Lipinski definition) is 2. The Morgan fingerprint density at radius 1 is 1.16 bits per heavy atom. The molecule has 0 aromatic carbocycles. The van der Waals surface area contributed by atoms with Crippen molar-refractivity contribution in [2.45, 2.75) is 76.2 Å². The summed E-state index contributed by atoms with van der Waals surface area (Å²) in [4.78, 5) is 0.